The Kier molecular flexibility index (Phi) is 7.32. The van der Waals surface area contributed by atoms with Crippen LogP contribution < -0.4 is 10.2 Å². The van der Waals surface area contributed by atoms with Gasteiger partial charge in [0.2, 0.25) is 0 Å². The largest absolute Gasteiger partial charge is 2.00 e. The molecule has 0 aromatic heterocycles. The second kappa shape index (κ2) is 9.97. The smallest absolute Gasteiger partial charge is 0.872 e. The number of nitrogens with zero attached hydrogens (tertiary/aromatic N) is 2. The molecule has 0 aliphatic carbocycles. The molecule has 0 saturated heterocycles. The third-order valence-corrected chi connectivity index (χ3v) is 5.34. The van der Waals surface area contributed by atoms with E-state index in [0.717, 1.165) is 21.5 Å². The maximum Gasteiger partial charge on any atom is 2.00 e. The quantitative estimate of drug-likeness (QED) is 0.305. The van der Waals surface area contributed by atoms with Crippen LogP contribution in [0.3, 0.4) is 0 Å². The minimum absolute atomic E-state index is 0. The summed E-state index contributed by atoms with van der Waals surface area (Å²) in [6.07, 6.45) is 3.35. The van der Waals surface area contributed by atoms with E-state index in [0.29, 0.717) is 24.2 Å². The average molecular weight is 467 g/mol. The maximum atomic E-state index is 12.3. The van der Waals surface area contributed by atoms with Crippen molar-refractivity contribution in [3.05, 3.63) is 83.9 Å². The molecular weight excluding hydrogens is 443 g/mol. The minimum atomic E-state index is -0.214. The van der Waals surface area contributed by atoms with E-state index in [1.807, 2.05) is 60.7 Å². The molecule has 0 aliphatic heterocycles. The van der Waals surface area contributed by atoms with Gasteiger partial charge in [-0.25, -0.2) is 0 Å². The first-order valence-corrected chi connectivity index (χ1v) is 10.3. The Hall–Kier alpha value is -3.17. The molecule has 0 amide bonds. The monoisotopic (exact) mass is 466 g/mol. The van der Waals surface area contributed by atoms with E-state index < -0.39 is 0 Å². The van der Waals surface area contributed by atoms with Crippen LogP contribution in [0.2, 0.25) is 0 Å². The summed E-state index contributed by atoms with van der Waals surface area (Å²) in [5.41, 5.74) is 1.02. The summed E-state index contributed by atoms with van der Waals surface area (Å²) in [5, 5.41) is 28.5. The van der Waals surface area contributed by atoms with Crippen molar-refractivity contribution in [3.63, 3.8) is 0 Å². The van der Waals surface area contributed by atoms with Gasteiger partial charge in [0.25, 0.3) is 0 Å². The Morgan fingerprint density at radius 3 is 1.50 bits per heavy atom. The van der Waals surface area contributed by atoms with Crippen LogP contribution in [0.25, 0.3) is 21.5 Å². The molecule has 0 fully saturated rings. The second-order valence-electron chi connectivity index (χ2n) is 8.50. The molecule has 0 atom stereocenters. The van der Waals surface area contributed by atoms with Crippen LogP contribution in [0, 0.1) is 5.41 Å². The third kappa shape index (κ3) is 5.17. The normalized spacial score (nSPS) is 12.1. The molecule has 0 radical (unpaired) electrons. The van der Waals surface area contributed by atoms with E-state index in [9.17, 15) is 10.2 Å². The molecule has 0 bridgehead atoms. The number of hydrogen-bond acceptors (Lipinski definition) is 4. The first-order chi connectivity index (χ1) is 14.9. The van der Waals surface area contributed by atoms with Gasteiger partial charge in [-0.15, -0.1) is 0 Å². The zero-order chi connectivity index (χ0) is 21.8. The molecule has 164 valence electrons. The number of aliphatic imine (C=N–C) groups is 2. The van der Waals surface area contributed by atoms with Crippen LogP contribution in [0.15, 0.2) is 82.8 Å². The van der Waals surface area contributed by atoms with E-state index in [4.69, 9.17) is 0 Å². The van der Waals surface area contributed by atoms with Gasteiger partial charge in [-0.2, -0.15) is 0 Å². The summed E-state index contributed by atoms with van der Waals surface area (Å²) in [4.78, 5) is 9.11. The molecule has 0 spiro atoms. The zero-order valence-corrected chi connectivity index (χ0v) is 19.0. The van der Waals surface area contributed by atoms with Gasteiger partial charge >= 0.3 is 16.5 Å². The van der Waals surface area contributed by atoms with Gasteiger partial charge in [0.1, 0.15) is 0 Å². The fourth-order valence-corrected chi connectivity index (χ4v) is 3.64. The van der Waals surface area contributed by atoms with E-state index >= 15 is 0 Å². The van der Waals surface area contributed by atoms with Gasteiger partial charge < -0.3 is 10.2 Å². The van der Waals surface area contributed by atoms with Crippen molar-refractivity contribution in [2.75, 3.05) is 13.1 Å². The third-order valence-electron chi connectivity index (χ3n) is 5.34. The van der Waals surface area contributed by atoms with Crippen LogP contribution in [0.1, 0.15) is 25.0 Å². The molecule has 0 N–H and O–H groups in total. The number of rotatable bonds is 6. The number of hydrogen-bond donors (Lipinski definition) is 0. The molecule has 4 aromatic carbocycles. The van der Waals surface area contributed by atoms with Gasteiger partial charge in [-0.1, -0.05) is 98.1 Å². The molecule has 4 nitrogen and oxygen atoms in total. The Morgan fingerprint density at radius 2 is 1.06 bits per heavy atom. The van der Waals surface area contributed by atoms with E-state index in [-0.39, 0.29) is 33.4 Å². The van der Waals surface area contributed by atoms with Gasteiger partial charge in [0.15, 0.2) is 0 Å². The SMILES string of the molecule is CC(C)(CN=Cc1c([O-])ccc2ccccc12)CN=Cc1c([O-])ccc2ccccc12.[Ni+2]. The van der Waals surface area contributed by atoms with Crippen LogP contribution in [0.4, 0.5) is 0 Å². The fourth-order valence-electron chi connectivity index (χ4n) is 3.64. The molecule has 0 aliphatic rings. The maximum absolute atomic E-state index is 12.3. The Labute approximate surface area is 198 Å². The van der Waals surface area contributed by atoms with E-state index in [1.54, 1.807) is 24.6 Å². The number of fused-ring (bicyclic) bond motifs is 2. The van der Waals surface area contributed by atoms with Crippen molar-refractivity contribution in [2.24, 2.45) is 15.4 Å². The fraction of sp³-hybridized carbons (Fsp3) is 0.185. The summed E-state index contributed by atoms with van der Waals surface area (Å²) >= 11 is 0. The first kappa shape index (κ1) is 23.5. The molecular formula is C27H24N2NiO2. The second-order valence-corrected chi connectivity index (χ2v) is 8.50. The van der Waals surface area contributed by atoms with Gasteiger partial charge in [0.05, 0.1) is 0 Å². The van der Waals surface area contributed by atoms with Crippen molar-refractivity contribution in [1.82, 2.24) is 0 Å². The van der Waals surface area contributed by atoms with Gasteiger partial charge in [-0.05, 0) is 32.7 Å². The van der Waals surface area contributed by atoms with Crippen LogP contribution in [-0.4, -0.2) is 25.5 Å². The summed E-state index contributed by atoms with van der Waals surface area (Å²) in [6.45, 7) is 5.19. The molecule has 0 saturated carbocycles. The molecule has 4 aromatic rings. The first-order valence-electron chi connectivity index (χ1n) is 10.3. The molecule has 4 rings (SSSR count). The predicted octanol–water partition coefficient (Wildman–Crippen LogP) is 4.70. The Bertz CT molecular complexity index is 1200. The molecule has 0 unspecified atom stereocenters. The molecule has 32 heavy (non-hydrogen) atoms. The zero-order valence-electron chi connectivity index (χ0n) is 18.0. The van der Waals surface area contributed by atoms with E-state index in [2.05, 4.69) is 23.8 Å². The van der Waals surface area contributed by atoms with E-state index in [1.165, 1.54) is 0 Å². The Balaban J connectivity index is 0.00000289. The van der Waals surface area contributed by atoms with Gasteiger partial charge in [-0.3, -0.25) is 9.98 Å². The molecule has 5 heteroatoms. The average Bonchev–Trinajstić information content (AvgIpc) is 2.77. The van der Waals surface area contributed by atoms with Crippen molar-refractivity contribution < 1.29 is 26.7 Å². The summed E-state index contributed by atoms with van der Waals surface area (Å²) in [5.74, 6) is -0.0607. The number of benzene rings is 4. The molecule has 0 heterocycles. The van der Waals surface area contributed by atoms with Crippen LogP contribution in [-0.2, 0) is 16.5 Å². The standard InChI is InChI=1S/C27H26N2O2.Ni/c1-27(2,17-28-15-23-21-9-5-3-7-19(21)11-13-25(23)30)18-29-16-24-22-10-6-4-8-20(22)12-14-26(24)31;/h3-16,30-31H,17-18H2,1-2H3;/q;+2/p-2. The van der Waals surface area contributed by atoms with Crippen molar-refractivity contribution in [1.29, 1.82) is 0 Å². The van der Waals surface area contributed by atoms with Crippen molar-refractivity contribution in [2.45, 2.75) is 13.8 Å². The summed E-state index contributed by atoms with van der Waals surface area (Å²) < 4.78 is 0. The minimum Gasteiger partial charge on any atom is -0.872 e. The Morgan fingerprint density at radius 1 is 0.656 bits per heavy atom. The van der Waals surface area contributed by atoms with Crippen LogP contribution >= 0.6 is 0 Å². The predicted molar refractivity (Wildman–Crippen MR) is 125 cm³/mol. The van der Waals surface area contributed by atoms with Crippen molar-refractivity contribution in [3.8, 4) is 11.5 Å². The summed E-state index contributed by atoms with van der Waals surface area (Å²) in [7, 11) is 0. The topological polar surface area (TPSA) is 70.8 Å². The summed E-state index contributed by atoms with van der Waals surface area (Å²) in [6, 6.07) is 22.5. The van der Waals surface area contributed by atoms with Gasteiger partial charge in [0, 0.05) is 30.9 Å². The van der Waals surface area contributed by atoms with Crippen molar-refractivity contribution >= 4 is 34.0 Å². The van der Waals surface area contributed by atoms with Crippen LogP contribution in [0.5, 0.6) is 11.5 Å².